The van der Waals surface area contributed by atoms with Gasteiger partial charge >= 0.3 is 0 Å². The van der Waals surface area contributed by atoms with Crippen molar-refractivity contribution in [3.63, 3.8) is 0 Å². The zero-order valence-corrected chi connectivity index (χ0v) is 17.6. The lowest BCUT2D eigenvalue weighted by molar-refractivity contribution is -0.118. The van der Waals surface area contributed by atoms with Crippen molar-refractivity contribution < 1.29 is 18.0 Å². The first kappa shape index (κ1) is 21.6. The number of carbonyl (C=O) groups excluding carboxylic acids is 2. The predicted octanol–water partition coefficient (Wildman–Crippen LogP) is 4.02. The van der Waals surface area contributed by atoms with Crippen molar-refractivity contribution in [2.24, 2.45) is 5.92 Å². The van der Waals surface area contributed by atoms with E-state index in [2.05, 4.69) is 10.6 Å². The van der Waals surface area contributed by atoms with Gasteiger partial charge in [-0.15, -0.1) is 0 Å². The number of hydrogen-bond acceptors (Lipinski definition) is 4. The summed E-state index contributed by atoms with van der Waals surface area (Å²) in [5, 5.41) is 5.08. The topological polar surface area (TPSA) is 92.3 Å². The molecule has 0 aliphatic rings. The number of benzene rings is 2. The molecule has 28 heavy (non-hydrogen) atoms. The van der Waals surface area contributed by atoms with Crippen molar-refractivity contribution in [2.75, 3.05) is 10.6 Å². The number of amides is 2. The van der Waals surface area contributed by atoms with Crippen LogP contribution in [-0.4, -0.2) is 25.5 Å². The predicted molar refractivity (Wildman–Crippen MR) is 111 cm³/mol. The molecule has 150 valence electrons. The summed E-state index contributed by atoms with van der Waals surface area (Å²) in [4.78, 5) is 24.6. The van der Waals surface area contributed by atoms with Crippen molar-refractivity contribution in [2.45, 2.75) is 44.8 Å². The molecule has 0 atom stereocenters. The third kappa shape index (κ3) is 4.98. The third-order valence-electron chi connectivity index (χ3n) is 4.34. The Morgan fingerprint density at radius 3 is 2.04 bits per heavy atom. The molecule has 2 rings (SSSR count). The summed E-state index contributed by atoms with van der Waals surface area (Å²) in [6.07, 6.45) is 0. The first-order valence-corrected chi connectivity index (χ1v) is 10.6. The summed E-state index contributed by atoms with van der Waals surface area (Å²) in [6, 6.07) is 11.1. The fraction of sp³-hybridized carbons (Fsp3) is 0.333. The van der Waals surface area contributed by atoms with Crippen LogP contribution in [0.15, 0.2) is 47.4 Å². The highest BCUT2D eigenvalue weighted by molar-refractivity contribution is 7.92. The molecule has 2 amide bonds. The summed E-state index contributed by atoms with van der Waals surface area (Å²) in [5.41, 5.74) is 2.36. The molecular formula is C21H26N2O4S. The first-order chi connectivity index (χ1) is 13.0. The summed E-state index contributed by atoms with van der Waals surface area (Å²) in [7, 11) is -3.38. The van der Waals surface area contributed by atoms with Crippen molar-refractivity contribution in [3.05, 3.63) is 53.6 Å². The largest absolute Gasteiger partial charge is 0.326 e. The highest BCUT2D eigenvalue weighted by Gasteiger charge is 2.19. The number of rotatable bonds is 6. The number of aryl methyl sites for hydroxylation is 1. The molecule has 0 aliphatic carbocycles. The Hall–Kier alpha value is -2.67. The zero-order valence-electron chi connectivity index (χ0n) is 16.7. The van der Waals surface area contributed by atoms with Crippen LogP contribution in [0, 0.1) is 12.8 Å². The second-order valence-electron chi connectivity index (χ2n) is 7.25. The third-order valence-corrected chi connectivity index (χ3v) is 6.51. The van der Waals surface area contributed by atoms with Gasteiger partial charge < -0.3 is 10.6 Å². The van der Waals surface area contributed by atoms with Crippen molar-refractivity contribution in [1.29, 1.82) is 0 Å². The van der Waals surface area contributed by atoms with E-state index in [1.165, 1.54) is 24.3 Å². The Kier molecular flexibility index (Phi) is 6.61. The van der Waals surface area contributed by atoms with Gasteiger partial charge in [-0.25, -0.2) is 8.42 Å². The minimum Gasteiger partial charge on any atom is -0.326 e. The lowest BCUT2D eigenvalue weighted by Crippen LogP contribution is -2.18. The van der Waals surface area contributed by atoms with Gasteiger partial charge in [-0.05, 0) is 62.7 Å². The molecule has 0 saturated carbocycles. The van der Waals surface area contributed by atoms with Gasteiger partial charge in [0.2, 0.25) is 5.91 Å². The molecule has 0 unspecified atom stereocenters. The monoisotopic (exact) mass is 402 g/mol. The first-order valence-electron chi connectivity index (χ1n) is 9.09. The summed E-state index contributed by atoms with van der Waals surface area (Å²) < 4.78 is 24.4. The molecule has 0 fully saturated rings. The smallest absolute Gasteiger partial charge is 0.255 e. The van der Waals surface area contributed by atoms with Gasteiger partial charge in [0.05, 0.1) is 10.1 Å². The van der Waals surface area contributed by atoms with E-state index in [1.54, 1.807) is 39.8 Å². The van der Waals surface area contributed by atoms with Gasteiger partial charge in [0.15, 0.2) is 9.84 Å². The Bertz CT molecular complexity index is 978. The number of sulfone groups is 1. The molecule has 0 radical (unpaired) electrons. The summed E-state index contributed by atoms with van der Waals surface area (Å²) in [6.45, 7) is 8.68. The van der Waals surface area contributed by atoms with Gasteiger partial charge in [0.25, 0.3) is 5.91 Å². The van der Waals surface area contributed by atoms with Crippen LogP contribution in [-0.2, 0) is 14.6 Å². The van der Waals surface area contributed by atoms with Gasteiger partial charge in [0.1, 0.15) is 0 Å². The highest BCUT2D eigenvalue weighted by Crippen LogP contribution is 2.22. The molecule has 0 spiro atoms. The summed E-state index contributed by atoms with van der Waals surface area (Å²) >= 11 is 0. The molecule has 6 nitrogen and oxygen atoms in total. The van der Waals surface area contributed by atoms with Crippen molar-refractivity contribution >= 4 is 33.0 Å². The maximum atomic E-state index is 12.6. The van der Waals surface area contributed by atoms with Gasteiger partial charge in [-0.3, -0.25) is 9.59 Å². The molecule has 0 bridgehead atoms. The Morgan fingerprint density at radius 1 is 0.893 bits per heavy atom. The standard InChI is InChI=1S/C21H26N2O4S/c1-13(2)20(24)22-17-9-6-15(5)19(12-17)23-21(25)16-7-10-18(11-8-16)28(26,27)14(3)4/h6-14H,1-5H3,(H,22,24)(H,23,25). The maximum Gasteiger partial charge on any atom is 0.255 e. The van der Waals surface area contributed by atoms with Crippen LogP contribution in [0.1, 0.15) is 43.6 Å². The fourth-order valence-corrected chi connectivity index (χ4v) is 3.44. The number of nitrogens with one attached hydrogen (secondary N) is 2. The second-order valence-corrected chi connectivity index (χ2v) is 9.75. The van der Waals surface area contributed by atoms with Crippen LogP contribution in [0.3, 0.4) is 0 Å². The van der Waals surface area contributed by atoms with Crippen LogP contribution in [0.25, 0.3) is 0 Å². The van der Waals surface area contributed by atoms with Crippen molar-refractivity contribution in [3.8, 4) is 0 Å². The summed E-state index contributed by atoms with van der Waals surface area (Å²) in [5.74, 6) is -0.619. The van der Waals surface area contributed by atoms with Gasteiger partial charge in [-0.1, -0.05) is 19.9 Å². The molecule has 0 aliphatic heterocycles. The average Bonchev–Trinajstić information content (AvgIpc) is 2.64. The van der Waals surface area contributed by atoms with E-state index in [0.29, 0.717) is 16.9 Å². The molecule has 2 aromatic rings. The molecule has 0 heterocycles. The lowest BCUT2D eigenvalue weighted by atomic mass is 10.1. The van der Waals surface area contributed by atoms with Crippen LogP contribution >= 0.6 is 0 Å². The average molecular weight is 403 g/mol. The van der Waals surface area contributed by atoms with Crippen molar-refractivity contribution in [1.82, 2.24) is 0 Å². The highest BCUT2D eigenvalue weighted by atomic mass is 32.2. The molecule has 2 N–H and O–H groups in total. The Labute approximate surface area is 166 Å². The Balaban J connectivity index is 2.19. The SMILES string of the molecule is Cc1ccc(NC(=O)C(C)C)cc1NC(=O)c1ccc(S(=O)(=O)C(C)C)cc1. The number of hydrogen-bond donors (Lipinski definition) is 2. The molecule has 7 heteroatoms. The normalized spacial score (nSPS) is 11.5. The van der Waals surface area contributed by atoms with E-state index in [1.807, 2.05) is 13.0 Å². The minimum atomic E-state index is -3.38. The van der Waals surface area contributed by atoms with E-state index in [4.69, 9.17) is 0 Å². The number of anilines is 2. The van der Waals surface area contributed by atoms with Crippen LogP contribution < -0.4 is 10.6 Å². The molecule has 2 aromatic carbocycles. The molecule has 0 aromatic heterocycles. The quantitative estimate of drug-likeness (QED) is 0.763. The zero-order chi connectivity index (χ0) is 21.1. The van der Waals surface area contributed by atoms with E-state index in [-0.39, 0.29) is 22.6 Å². The minimum absolute atomic E-state index is 0.108. The van der Waals surface area contributed by atoms with Gasteiger partial charge in [-0.2, -0.15) is 0 Å². The second kappa shape index (κ2) is 8.56. The van der Waals surface area contributed by atoms with E-state index in [9.17, 15) is 18.0 Å². The molecule has 0 saturated heterocycles. The van der Waals surface area contributed by atoms with Crippen LogP contribution in [0.5, 0.6) is 0 Å². The Morgan fingerprint density at radius 2 is 1.50 bits per heavy atom. The van der Waals surface area contributed by atoms with Gasteiger partial charge in [0, 0.05) is 22.9 Å². The van der Waals surface area contributed by atoms with E-state index < -0.39 is 15.1 Å². The maximum absolute atomic E-state index is 12.6. The van der Waals surface area contributed by atoms with Crippen LogP contribution in [0.4, 0.5) is 11.4 Å². The number of carbonyl (C=O) groups is 2. The lowest BCUT2D eigenvalue weighted by Gasteiger charge is -2.13. The molecular weight excluding hydrogens is 376 g/mol. The van der Waals surface area contributed by atoms with E-state index in [0.717, 1.165) is 5.56 Å². The fourth-order valence-electron chi connectivity index (χ4n) is 2.38. The van der Waals surface area contributed by atoms with Crippen LogP contribution in [0.2, 0.25) is 0 Å². The van der Waals surface area contributed by atoms with E-state index >= 15 is 0 Å².